The molecule has 3 nitrogen and oxygen atoms in total. The van der Waals surface area contributed by atoms with E-state index in [1.165, 1.54) is 13.4 Å². The molecule has 0 fully saturated rings. The van der Waals surface area contributed by atoms with Crippen molar-refractivity contribution < 1.29 is 9.57 Å². The van der Waals surface area contributed by atoms with Gasteiger partial charge in [0, 0.05) is 0 Å². The Hall–Kier alpha value is -0.700. The summed E-state index contributed by atoms with van der Waals surface area (Å²) in [6.07, 6.45) is 3.02. The molecule has 0 heterocycles. The molecule has 0 amide bonds. The van der Waals surface area contributed by atoms with Crippen LogP contribution in [0.2, 0.25) is 0 Å². The van der Waals surface area contributed by atoms with E-state index >= 15 is 0 Å². The summed E-state index contributed by atoms with van der Waals surface area (Å²) in [7, 11) is 3.09. The van der Waals surface area contributed by atoms with Crippen LogP contribution in [-0.4, -0.2) is 14.2 Å². The van der Waals surface area contributed by atoms with Gasteiger partial charge in [0.15, 0.2) is 0 Å². The van der Waals surface area contributed by atoms with E-state index in [9.17, 15) is 0 Å². The SMILES string of the molecule is COC=CNOC. The quantitative estimate of drug-likeness (QED) is 0.410. The molecule has 0 spiro atoms. The fourth-order valence-electron chi connectivity index (χ4n) is 0.164. The van der Waals surface area contributed by atoms with Crippen molar-refractivity contribution >= 4 is 0 Å². The Kier molecular flexibility index (Phi) is 4.77. The number of ether oxygens (including phenoxy) is 1. The number of hydrogen-bond acceptors (Lipinski definition) is 3. The van der Waals surface area contributed by atoms with E-state index in [1.54, 1.807) is 13.3 Å². The van der Waals surface area contributed by atoms with Gasteiger partial charge in [-0.25, -0.2) is 0 Å². The third-order valence-electron chi connectivity index (χ3n) is 0.390. The van der Waals surface area contributed by atoms with E-state index in [2.05, 4.69) is 15.1 Å². The largest absolute Gasteiger partial charge is 0.503 e. The summed E-state index contributed by atoms with van der Waals surface area (Å²) < 4.78 is 4.52. The van der Waals surface area contributed by atoms with Crippen LogP contribution in [0.5, 0.6) is 0 Å². The van der Waals surface area contributed by atoms with Crippen molar-refractivity contribution in [1.82, 2.24) is 5.48 Å². The molecule has 0 aliphatic heterocycles. The molecule has 0 rings (SSSR count). The second-order valence-electron chi connectivity index (χ2n) is 0.860. The van der Waals surface area contributed by atoms with Crippen LogP contribution in [0.1, 0.15) is 0 Å². The predicted octanol–water partition coefficient (Wildman–Crippen LogP) is 0.255. The molecule has 42 valence electrons. The highest BCUT2D eigenvalue weighted by Gasteiger charge is 1.61. The lowest BCUT2D eigenvalue weighted by Crippen LogP contribution is -2.00. The number of hydrogen-bond donors (Lipinski definition) is 1. The Morgan fingerprint density at radius 3 is 2.57 bits per heavy atom. The van der Waals surface area contributed by atoms with Crippen LogP contribution in [0.25, 0.3) is 0 Å². The molecular weight excluding hydrogens is 94.0 g/mol. The minimum Gasteiger partial charge on any atom is -0.503 e. The van der Waals surface area contributed by atoms with Crippen molar-refractivity contribution in [2.45, 2.75) is 0 Å². The average molecular weight is 103 g/mol. The minimum absolute atomic E-state index is 1.48. The van der Waals surface area contributed by atoms with E-state index in [4.69, 9.17) is 0 Å². The van der Waals surface area contributed by atoms with Gasteiger partial charge in [-0.3, -0.25) is 10.3 Å². The number of hydroxylamine groups is 1. The Bertz CT molecular complexity index is 53.7. The van der Waals surface area contributed by atoms with Crippen molar-refractivity contribution in [3.05, 3.63) is 12.5 Å². The lowest BCUT2D eigenvalue weighted by Gasteiger charge is -1.90. The zero-order chi connectivity index (χ0) is 5.54. The summed E-state index contributed by atoms with van der Waals surface area (Å²) >= 11 is 0. The van der Waals surface area contributed by atoms with E-state index in [1.807, 2.05) is 0 Å². The van der Waals surface area contributed by atoms with Gasteiger partial charge in [-0.05, 0) is 0 Å². The van der Waals surface area contributed by atoms with Gasteiger partial charge in [0.05, 0.1) is 20.4 Å². The first-order valence-electron chi connectivity index (χ1n) is 1.88. The summed E-state index contributed by atoms with van der Waals surface area (Å²) in [5.41, 5.74) is 2.44. The number of methoxy groups -OCH3 is 1. The molecule has 0 aliphatic rings. The van der Waals surface area contributed by atoms with Crippen LogP contribution in [0.4, 0.5) is 0 Å². The Morgan fingerprint density at radius 1 is 1.43 bits per heavy atom. The molecule has 0 aromatic carbocycles. The van der Waals surface area contributed by atoms with Crippen molar-refractivity contribution in [1.29, 1.82) is 0 Å². The van der Waals surface area contributed by atoms with Crippen LogP contribution in [0.15, 0.2) is 12.5 Å². The second-order valence-corrected chi connectivity index (χ2v) is 0.860. The van der Waals surface area contributed by atoms with E-state index in [0.717, 1.165) is 0 Å². The van der Waals surface area contributed by atoms with Crippen molar-refractivity contribution in [3.8, 4) is 0 Å². The van der Waals surface area contributed by atoms with Crippen LogP contribution in [0, 0.1) is 0 Å². The third-order valence-corrected chi connectivity index (χ3v) is 0.390. The van der Waals surface area contributed by atoms with Crippen molar-refractivity contribution in [2.24, 2.45) is 0 Å². The van der Waals surface area contributed by atoms with Crippen LogP contribution < -0.4 is 5.48 Å². The summed E-state index contributed by atoms with van der Waals surface area (Å²) in [5, 5.41) is 0. The Labute approximate surface area is 42.9 Å². The van der Waals surface area contributed by atoms with Gasteiger partial charge in [0.1, 0.15) is 6.26 Å². The smallest absolute Gasteiger partial charge is 0.100 e. The highest BCUT2D eigenvalue weighted by atomic mass is 16.6. The zero-order valence-electron chi connectivity index (χ0n) is 4.47. The molecule has 0 aromatic heterocycles. The van der Waals surface area contributed by atoms with Crippen molar-refractivity contribution in [3.63, 3.8) is 0 Å². The van der Waals surface area contributed by atoms with Gasteiger partial charge >= 0.3 is 0 Å². The lowest BCUT2D eigenvalue weighted by atomic mass is 11.0. The Morgan fingerprint density at radius 2 is 2.14 bits per heavy atom. The Balaban J connectivity index is 2.78. The molecule has 0 saturated carbocycles. The lowest BCUT2D eigenvalue weighted by molar-refractivity contribution is 0.125. The second kappa shape index (κ2) is 5.30. The summed E-state index contributed by atoms with van der Waals surface area (Å²) in [6.45, 7) is 0. The third kappa shape index (κ3) is 5.30. The average Bonchev–Trinajstić information content (AvgIpc) is 1.69. The predicted molar refractivity (Wildman–Crippen MR) is 26.3 cm³/mol. The molecular formula is C4H9NO2. The van der Waals surface area contributed by atoms with Gasteiger partial charge in [-0.1, -0.05) is 0 Å². The molecule has 0 radical (unpaired) electrons. The van der Waals surface area contributed by atoms with Gasteiger partial charge in [0.2, 0.25) is 0 Å². The monoisotopic (exact) mass is 103 g/mol. The topological polar surface area (TPSA) is 30.5 Å². The van der Waals surface area contributed by atoms with Gasteiger partial charge < -0.3 is 4.74 Å². The minimum atomic E-state index is 1.48. The van der Waals surface area contributed by atoms with E-state index < -0.39 is 0 Å². The van der Waals surface area contributed by atoms with Crippen LogP contribution >= 0.6 is 0 Å². The number of rotatable bonds is 3. The first kappa shape index (κ1) is 6.30. The maximum Gasteiger partial charge on any atom is 0.100 e. The van der Waals surface area contributed by atoms with Crippen LogP contribution in [-0.2, 0) is 9.57 Å². The highest BCUT2D eigenvalue weighted by molar-refractivity contribution is 4.63. The molecule has 7 heavy (non-hydrogen) atoms. The van der Waals surface area contributed by atoms with Crippen molar-refractivity contribution in [2.75, 3.05) is 14.2 Å². The molecule has 0 aliphatic carbocycles. The summed E-state index contributed by atoms with van der Waals surface area (Å²) in [4.78, 5) is 4.43. The highest BCUT2D eigenvalue weighted by Crippen LogP contribution is 1.64. The number of nitrogens with one attached hydrogen (secondary N) is 1. The zero-order valence-corrected chi connectivity index (χ0v) is 4.47. The maximum absolute atomic E-state index is 4.52. The molecule has 3 heteroatoms. The maximum atomic E-state index is 4.52. The summed E-state index contributed by atoms with van der Waals surface area (Å²) in [6, 6.07) is 0. The molecule has 0 aromatic rings. The fourth-order valence-corrected chi connectivity index (χ4v) is 0.164. The standard InChI is InChI=1S/C4H9NO2/c1-6-4-3-5-7-2/h3-5H,1-2H3. The first-order chi connectivity index (χ1) is 3.41. The van der Waals surface area contributed by atoms with Gasteiger partial charge in [0.25, 0.3) is 0 Å². The van der Waals surface area contributed by atoms with E-state index in [-0.39, 0.29) is 0 Å². The van der Waals surface area contributed by atoms with Gasteiger partial charge in [-0.2, -0.15) is 0 Å². The summed E-state index contributed by atoms with van der Waals surface area (Å²) in [5.74, 6) is 0. The van der Waals surface area contributed by atoms with E-state index in [0.29, 0.717) is 0 Å². The van der Waals surface area contributed by atoms with Gasteiger partial charge in [-0.15, -0.1) is 0 Å². The molecule has 0 bridgehead atoms. The molecule has 0 saturated heterocycles. The van der Waals surface area contributed by atoms with Crippen LogP contribution in [0.3, 0.4) is 0 Å². The normalized spacial score (nSPS) is 9.43. The first-order valence-corrected chi connectivity index (χ1v) is 1.88. The molecule has 0 unspecified atom stereocenters. The molecule has 1 N–H and O–H groups in total. The molecule has 0 atom stereocenters. The fraction of sp³-hybridized carbons (Fsp3) is 0.500.